The summed E-state index contributed by atoms with van der Waals surface area (Å²) in [7, 11) is 0. The lowest BCUT2D eigenvalue weighted by Crippen LogP contribution is -2.09. The summed E-state index contributed by atoms with van der Waals surface area (Å²) in [5.41, 5.74) is 2.12. The van der Waals surface area contributed by atoms with Gasteiger partial charge in [0.1, 0.15) is 17.3 Å². The number of halogens is 1. The van der Waals surface area contributed by atoms with E-state index in [1.54, 1.807) is 11.3 Å². The van der Waals surface area contributed by atoms with E-state index in [9.17, 15) is 0 Å². The molecule has 1 N–H and O–H groups in total. The molecule has 0 fully saturated rings. The highest BCUT2D eigenvalue weighted by Gasteiger charge is 2.08. The van der Waals surface area contributed by atoms with Crippen molar-refractivity contribution in [3.8, 4) is 0 Å². The van der Waals surface area contributed by atoms with E-state index in [2.05, 4.69) is 32.6 Å². The Morgan fingerprint density at radius 1 is 1.32 bits per heavy atom. The van der Waals surface area contributed by atoms with Crippen LogP contribution in [0.4, 0.5) is 5.82 Å². The third-order valence-corrected chi connectivity index (χ3v) is 3.88. The maximum atomic E-state index is 6.11. The minimum atomic E-state index is 0.545. The van der Waals surface area contributed by atoms with Crippen LogP contribution in [0, 0.1) is 6.92 Å². The zero-order chi connectivity index (χ0) is 13.7. The van der Waals surface area contributed by atoms with Crippen molar-refractivity contribution in [3.05, 3.63) is 33.1 Å². The molecule has 0 radical (unpaired) electrons. The van der Waals surface area contributed by atoms with Gasteiger partial charge in [-0.05, 0) is 13.3 Å². The van der Waals surface area contributed by atoms with E-state index in [4.69, 9.17) is 11.6 Å². The molecule has 0 aliphatic carbocycles. The first-order valence-corrected chi connectivity index (χ1v) is 7.60. The predicted octanol–water partition coefficient (Wildman–Crippen LogP) is 3.50. The number of anilines is 1. The van der Waals surface area contributed by atoms with Crippen LogP contribution in [0.25, 0.3) is 0 Å². The molecule has 6 heteroatoms. The zero-order valence-electron chi connectivity index (χ0n) is 11.1. The fraction of sp³-hybridized carbons (Fsp3) is 0.462. The molecule has 4 nitrogen and oxygen atoms in total. The van der Waals surface area contributed by atoms with Gasteiger partial charge in [-0.1, -0.05) is 24.9 Å². The first kappa shape index (κ1) is 14.2. The first-order valence-electron chi connectivity index (χ1n) is 6.35. The molecule has 2 rings (SSSR count). The number of nitrogens with zero attached hydrogens (tertiary/aromatic N) is 3. The first-order chi connectivity index (χ1) is 9.20. The molecule has 0 aromatic carbocycles. The van der Waals surface area contributed by atoms with Gasteiger partial charge < -0.3 is 5.32 Å². The standard InChI is InChI=1S/C13H17ClN4S/c1-3-4-11-12(14)16-8-17-13(11)15-6-5-10-7-19-9(2)18-10/h7-8H,3-6H2,1-2H3,(H,15,16,17). The van der Waals surface area contributed by atoms with Crippen LogP contribution >= 0.6 is 22.9 Å². The summed E-state index contributed by atoms with van der Waals surface area (Å²) in [6.45, 7) is 4.93. The van der Waals surface area contributed by atoms with Crippen molar-refractivity contribution >= 4 is 28.8 Å². The molecule has 2 aromatic rings. The van der Waals surface area contributed by atoms with Gasteiger partial charge >= 0.3 is 0 Å². The van der Waals surface area contributed by atoms with Crippen LogP contribution in [0.15, 0.2) is 11.7 Å². The van der Waals surface area contributed by atoms with Gasteiger partial charge in [0.05, 0.1) is 10.7 Å². The number of aromatic nitrogens is 3. The highest BCUT2D eigenvalue weighted by molar-refractivity contribution is 7.09. The molecule has 102 valence electrons. The Balaban J connectivity index is 1.97. The van der Waals surface area contributed by atoms with Crippen molar-refractivity contribution in [2.24, 2.45) is 0 Å². The van der Waals surface area contributed by atoms with E-state index in [1.807, 2.05) is 6.92 Å². The molecule has 0 saturated carbocycles. The Morgan fingerprint density at radius 2 is 2.16 bits per heavy atom. The second kappa shape index (κ2) is 6.82. The van der Waals surface area contributed by atoms with E-state index < -0.39 is 0 Å². The highest BCUT2D eigenvalue weighted by atomic mass is 35.5. The second-order valence-corrected chi connectivity index (χ2v) is 5.70. The molecular weight excluding hydrogens is 280 g/mol. The average molecular weight is 297 g/mol. The summed E-state index contributed by atoms with van der Waals surface area (Å²) in [6.07, 6.45) is 4.29. The van der Waals surface area contributed by atoms with Gasteiger partial charge in [-0.15, -0.1) is 11.3 Å². The van der Waals surface area contributed by atoms with E-state index in [0.717, 1.165) is 47.9 Å². The summed E-state index contributed by atoms with van der Waals surface area (Å²) in [4.78, 5) is 12.7. The highest BCUT2D eigenvalue weighted by Crippen LogP contribution is 2.21. The van der Waals surface area contributed by atoms with Crippen LogP contribution in [-0.4, -0.2) is 21.5 Å². The molecule has 0 saturated heterocycles. The van der Waals surface area contributed by atoms with Crippen molar-refractivity contribution in [3.63, 3.8) is 0 Å². The van der Waals surface area contributed by atoms with Crippen molar-refractivity contribution in [1.82, 2.24) is 15.0 Å². The van der Waals surface area contributed by atoms with Gasteiger partial charge in [0, 0.05) is 23.9 Å². The van der Waals surface area contributed by atoms with E-state index >= 15 is 0 Å². The molecule has 0 bridgehead atoms. The van der Waals surface area contributed by atoms with Crippen LogP contribution in [0.2, 0.25) is 5.15 Å². The fourth-order valence-corrected chi connectivity index (χ4v) is 2.72. The average Bonchev–Trinajstić information content (AvgIpc) is 2.79. The van der Waals surface area contributed by atoms with Crippen molar-refractivity contribution in [1.29, 1.82) is 0 Å². The van der Waals surface area contributed by atoms with E-state index in [-0.39, 0.29) is 0 Å². The monoisotopic (exact) mass is 296 g/mol. The number of aryl methyl sites for hydroxylation is 1. The number of thiazole rings is 1. The Hall–Kier alpha value is -1.20. The number of hydrogen-bond acceptors (Lipinski definition) is 5. The van der Waals surface area contributed by atoms with E-state index in [1.165, 1.54) is 6.33 Å². The van der Waals surface area contributed by atoms with Crippen LogP contribution < -0.4 is 5.32 Å². The van der Waals surface area contributed by atoms with Crippen LogP contribution in [-0.2, 0) is 12.8 Å². The van der Waals surface area contributed by atoms with Gasteiger partial charge in [-0.2, -0.15) is 0 Å². The van der Waals surface area contributed by atoms with Crippen LogP contribution in [0.5, 0.6) is 0 Å². The van der Waals surface area contributed by atoms with E-state index in [0.29, 0.717) is 5.15 Å². The molecule has 0 amide bonds. The Morgan fingerprint density at radius 3 is 2.84 bits per heavy atom. The molecule has 0 unspecified atom stereocenters. The van der Waals surface area contributed by atoms with Gasteiger partial charge in [0.2, 0.25) is 0 Å². The molecule has 2 heterocycles. The Bertz CT molecular complexity index is 541. The number of rotatable bonds is 6. The molecule has 2 aromatic heterocycles. The molecule has 0 atom stereocenters. The smallest absolute Gasteiger partial charge is 0.137 e. The minimum absolute atomic E-state index is 0.545. The topological polar surface area (TPSA) is 50.7 Å². The Labute approximate surface area is 122 Å². The molecule has 0 spiro atoms. The predicted molar refractivity (Wildman–Crippen MR) is 80.1 cm³/mol. The van der Waals surface area contributed by atoms with Crippen molar-refractivity contribution < 1.29 is 0 Å². The minimum Gasteiger partial charge on any atom is -0.369 e. The van der Waals surface area contributed by atoms with Crippen molar-refractivity contribution in [2.75, 3.05) is 11.9 Å². The van der Waals surface area contributed by atoms with Gasteiger partial charge in [-0.25, -0.2) is 15.0 Å². The second-order valence-electron chi connectivity index (χ2n) is 4.28. The summed E-state index contributed by atoms with van der Waals surface area (Å²) in [5.74, 6) is 0.841. The van der Waals surface area contributed by atoms with Gasteiger partial charge in [0.25, 0.3) is 0 Å². The summed E-state index contributed by atoms with van der Waals surface area (Å²) < 4.78 is 0. The lowest BCUT2D eigenvalue weighted by Gasteiger charge is -2.10. The quantitative estimate of drug-likeness (QED) is 0.829. The third kappa shape index (κ3) is 3.88. The molecule has 0 aliphatic heterocycles. The van der Waals surface area contributed by atoms with Gasteiger partial charge in [0.15, 0.2) is 0 Å². The molecule has 0 aliphatic rings. The van der Waals surface area contributed by atoms with Crippen molar-refractivity contribution in [2.45, 2.75) is 33.1 Å². The number of nitrogens with one attached hydrogen (secondary N) is 1. The summed E-state index contributed by atoms with van der Waals surface area (Å²) in [6, 6.07) is 0. The third-order valence-electron chi connectivity index (χ3n) is 2.73. The number of hydrogen-bond donors (Lipinski definition) is 1. The summed E-state index contributed by atoms with van der Waals surface area (Å²) >= 11 is 7.78. The van der Waals surface area contributed by atoms with Crippen LogP contribution in [0.1, 0.15) is 29.6 Å². The maximum absolute atomic E-state index is 6.11. The molecular formula is C13H17ClN4S. The normalized spacial score (nSPS) is 10.7. The maximum Gasteiger partial charge on any atom is 0.137 e. The molecule has 19 heavy (non-hydrogen) atoms. The zero-order valence-corrected chi connectivity index (χ0v) is 12.7. The lowest BCUT2D eigenvalue weighted by molar-refractivity contribution is 0.890. The Kier molecular flexibility index (Phi) is 5.10. The SMILES string of the molecule is CCCc1c(Cl)ncnc1NCCc1csc(C)n1. The summed E-state index contributed by atoms with van der Waals surface area (Å²) in [5, 5.41) is 7.07. The van der Waals surface area contributed by atoms with Gasteiger partial charge in [-0.3, -0.25) is 0 Å². The lowest BCUT2D eigenvalue weighted by atomic mass is 10.2. The van der Waals surface area contributed by atoms with Crippen LogP contribution in [0.3, 0.4) is 0 Å². The largest absolute Gasteiger partial charge is 0.369 e. The fourth-order valence-electron chi connectivity index (χ4n) is 1.85.